The molecule has 0 aliphatic carbocycles. The molecule has 0 radical (unpaired) electrons. The van der Waals surface area contributed by atoms with Crippen LogP contribution in [-0.4, -0.2) is 42.5 Å². The second kappa shape index (κ2) is 10.9. The SMILES string of the molecule is CCOC(=O)c1c[nH]c(=O)c([C@@H](CC(=O)NCc2ccc(OC)cc2)c2ccc3c(c2)OCO3)c1O. The fourth-order valence-electron chi connectivity index (χ4n) is 3.94. The summed E-state index contributed by atoms with van der Waals surface area (Å²) < 4.78 is 20.9. The number of methoxy groups -OCH3 is 1. The number of fused-ring (bicyclic) bond motifs is 1. The Balaban J connectivity index is 1.65. The third kappa shape index (κ3) is 5.27. The van der Waals surface area contributed by atoms with Crippen LogP contribution in [0.1, 0.15) is 46.3 Å². The average molecular weight is 495 g/mol. The molecule has 2 aromatic carbocycles. The number of nitrogens with one attached hydrogen (secondary N) is 2. The van der Waals surface area contributed by atoms with Crippen LogP contribution in [0.5, 0.6) is 23.0 Å². The maximum atomic E-state index is 13.0. The Morgan fingerprint density at radius 3 is 2.61 bits per heavy atom. The molecule has 3 aromatic rings. The van der Waals surface area contributed by atoms with E-state index in [1.165, 1.54) is 0 Å². The van der Waals surface area contributed by atoms with Gasteiger partial charge in [0.1, 0.15) is 17.1 Å². The fraction of sp³-hybridized carbons (Fsp3) is 0.269. The van der Waals surface area contributed by atoms with Gasteiger partial charge in [-0.2, -0.15) is 0 Å². The summed E-state index contributed by atoms with van der Waals surface area (Å²) in [4.78, 5) is 40.7. The van der Waals surface area contributed by atoms with Gasteiger partial charge in [0.25, 0.3) is 5.56 Å². The Hall–Kier alpha value is -4.47. The van der Waals surface area contributed by atoms with Crippen molar-refractivity contribution in [2.45, 2.75) is 25.8 Å². The molecule has 1 amide bonds. The number of benzene rings is 2. The summed E-state index contributed by atoms with van der Waals surface area (Å²) in [5.74, 6) is -0.913. The highest BCUT2D eigenvalue weighted by Gasteiger charge is 2.29. The molecule has 0 bridgehead atoms. The Labute approximate surface area is 206 Å². The molecule has 0 spiro atoms. The lowest BCUT2D eigenvalue weighted by Crippen LogP contribution is -2.27. The van der Waals surface area contributed by atoms with E-state index in [9.17, 15) is 19.5 Å². The van der Waals surface area contributed by atoms with Gasteiger partial charge in [0.05, 0.1) is 19.3 Å². The molecule has 0 fully saturated rings. The highest BCUT2D eigenvalue weighted by molar-refractivity contribution is 5.92. The van der Waals surface area contributed by atoms with Crippen molar-refractivity contribution >= 4 is 11.9 Å². The highest BCUT2D eigenvalue weighted by atomic mass is 16.7. The third-order valence-corrected chi connectivity index (χ3v) is 5.78. The Morgan fingerprint density at radius 1 is 1.14 bits per heavy atom. The van der Waals surface area contributed by atoms with Crippen molar-refractivity contribution in [1.29, 1.82) is 0 Å². The molecule has 4 rings (SSSR count). The zero-order valence-electron chi connectivity index (χ0n) is 19.8. The Bertz CT molecular complexity index is 1320. The quantitative estimate of drug-likeness (QED) is 0.387. The van der Waals surface area contributed by atoms with Crippen LogP contribution in [0, 0.1) is 0 Å². The Kier molecular flexibility index (Phi) is 7.43. The minimum Gasteiger partial charge on any atom is -0.506 e. The molecule has 188 valence electrons. The summed E-state index contributed by atoms with van der Waals surface area (Å²) in [6, 6.07) is 12.2. The number of carbonyl (C=O) groups is 2. The minimum absolute atomic E-state index is 0.0516. The molecule has 1 aromatic heterocycles. The second-order valence-corrected chi connectivity index (χ2v) is 8.01. The molecule has 0 saturated heterocycles. The lowest BCUT2D eigenvalue weighted by Gasteiger charge is -2.19. The van der Waals surface area contributed by atoms with E-state index in [0.29, 0.717) is 22.8 Å². The molecule has 3 N–H and O–H groups in total. The molecule has 2 heterocycles. The lowest BCUT2D eigenvalue weighted by atomic mass is 9.87. The number of esters is 1. The average Bonchev–Trinajstić information content (AvgIpc) is 3.35. The second-order valence-electron chi connectivity index (χ2n) is 8.01. The predicted molar refractivity (Wildman–Crippen MR) is 129 cm³/mol. The van der Waals surface area contributed by atoms with Gasteiger partial charge in [0.15, 0.2) is 11.5 Å². The fourth-order valence-corrected chi connectivity index (χ4v) is 3.94. The monoisotopic (exact) mass is 494 g/mol. The van der Waals surface area contributed by atoms with Crippen LogP contribution < -0.4 is 25.1 Å². The number of amides is 1. The van der Waals surface area contributed by atoms with Gasteiger partial charge in [-0.3, -0.25) is 9.59 Å². The van der Waals surface area contributed by atoms with Crippen molar-refractivity contribution in [3.63, 3.8) is 0 Å². The summed E-state index contributed by atoms with van der Waals surface area (Å²) in [6.07, 6.45) is 0.915. The predicted octanol–water partition coefficient (Wildman–Crippen LogP) is 2.83. The van der Waals surface area contributed by atoms with Gasteiger partial charge in [-0.1, -0.05) is 18.2 Å². The summed E-state index contributed by atoms with van der Waals surface area (Å²) in [7, 11) is 1.57. The lowest BCUT2D eigenvalue weighted by molar-refractivity contribution is -0.121. The van der Waals surface area contributed by atoms with Crippen LogP contribution in [0.25, 0.3) is 0 Å². The van der Waals surface area contributed by atoms with E-state index >= 15 is 0 Å². The number of H-pyrrole nitrogens is 1. The van der Waals surface area contributed by atoms with E-state index in [1.54, 1.807) is 44.4 Å². The van der Waals surface area contributed by atoms with E-state index in [-0.39, 0.29) is 43.4 Å². The van der Waals surface area contributed by atoms with E-state index in [0.717, 1.165) is 11.8 Å². The van der Waals surface area contributed by atoms with Gasteiger partial charge in [-0.05, 0) is 42.3 Å². The molecule has 1 aliphatic heterocycles. The number of pyridine rings is 1. The zero-order chi connectivity index (χ0) is 25.7. The number of ether oxygens (including phenoxy) is 4. The molecule has 10 heteroatoms. The maximum Gasteiger partial charge on any atom is 0.343 e. The summed E-state index contributed by atoms with van der Waals surface area (Å²) >= 11 is 0. The van der Waals surface area contributed by atoms with Crippen LogP contribution >= 0.6 is 0 Å². The van der Waals surface area contributed by atoms with Crippen molar-refractivity contribution in [3.8, 4) is 23.0 Å². The smallest absolute Gasteiger partial charge is 0.343 e. The summed E-state index contributed by atoms with van der Waals surface area (Å²) in [6.45, 7) is 2.02. The first-order valence-corrected chi connectivity index (χ1v) is 11.3. The molecular weight excluding hydrogens is 468 g/mol. The van der Waals surface area contributed by atoms with Crippen LogP contribution in [-0.2, 0) is 16.1 Å². The number of aromatic amines is 1. The molecule has 0 unspecified atom stereocenters. The first kappa shape index (κ1) is 24.6. The number of aromatic nitrogens is 1. The van der Waals surface area contributed by atoms with Gasteiger partial charge in [0, 0.05) is 25.1 Å². The van der Waals surface area contributed by atoms with Crippen molar-refractivity contribution < 1.29 is 33.6 Å². The van der Waals surface area contributed by atoms with Crippen molar-refractivity contribution in [1.82, 2.24) is 10.3 Å². The molecule has 1 atom stereocenters. The van der Waals surface area contributed by atoms with Gasteiger partial charge in [-0.25, -0.2) is 4.79 Å². The van der Waals surface area contributed by atoms with Gasteiger partial charge >= 0.3 is 5.97 Å². The number of hydrogen-bond acceptors (Lipinski definition) is 8. The number of carbonyl (C=O) groups excluding carboxylic acids is 2. The normalized spacial score (nSPS) is 12.6. The first-order valence-electron chi connectivity index (χ1n) is 11.3. The van der Waals surface area contributed by atoms with Crippen LogP contribution in [0.4, 0.5) is 0 Å². The van der Waals surface area contributed by atoms with Crippen molar-refractivity contribution in [2.75, 3.05) is 20.5 Å². The summed E-state index contributed by atoms with van der Waals surface area (Å²) in [5, 5.41) is 13.8. The molecular formula is C26H26N2O8. The minimum atomic E-state index is -0.895. The maximum absolute atomic E-state index is 13.0. The molecule has 36 heavy (non-hydrogen) atoms. The molecule has 0 saturated carbocycles. The number of hydrogen-bond donors (Lipinski definition) is 3. The van der Waals surface area contributed by atoms with Gasteiger partial charge in [-0.15, -0.1) is 0 Å². The van der Waals surface area contributed by atoms with Crippen molar-refractivity contribution in [2.24, 2.45) is 0 Å². The van der Waals surface area contributed by atoms with E-state index in [1.807, 2.05) is 12.1 Å². The molecule has 10 nitrogen and oxygen atoms in total. The zero-order valence-corrected chi connectivity index (χ0v) is 19.8. The van der Waals surface area contributed by atoms with Crippen LogP contribution in [0.2, 0.25) is 0 Å². The third-order valence-electron chi connectivity index (χ3n) is 5.78. The van der Waals surface area contributed by atoms with E-state index in [2.05, 4.69) is 10.3 Å². The molecule has 1 aliphatic rings. The highest BCUT2D eigenvalue weighted by Crippen LogP contribution is 2.39. The first-order chi connectivity index (χ1) is 17.4. The largest absolute Gasteiger partial charge is 0.506 e. The standard InChI is InChI=1S/C26H26N2O8/c1-3-34-26(32)19-13-28-25(31)23(24(19)30)18(16-6-9-20-21(10-16)36-14-35-20)11-22(29)27-12-15-4-7-17(33-2)8-5-15/h4-10,13,18H,3,11-12,14H2,1-2H3,(H,27,29)(H2,28,30,31)/t18-/m0/s1. The van der Waals surface area contributed by atoms with E-state index in [4.69, 9.17) is 18.9 Å². The van der Waals surface area contributed by atoms with Crippen LogP contribution in [0.3, 0.4) is 0 Å². The number of rotatable bonds is 9. The van der Waals surface area contributed by atoms with Crippen molar-refractivity contribution in [3.05, 3.63) is 81.3 Å². The van der Waals surface area contributed by atoms with Crippen LogP contribution in [0.15, 0.2) is 53.5 Å². The van der Waals surface area contributed by atoms with Gasteiger partial charge in [0.2, 0.25) is 12.7 Å². The van der Waals surface area contributed by atoms with E-state index < -0.39 is 23.2 Å². The Morgan fingerprint density at radius 2 is 1.89 bits per heavy atom. The summed E-state index contributed by atoms with van der Waals surface area (Å²) in [5.41, 5.74) is 0.426. The van der Waals surface area contributed by atoms with Gasteiger partial charge < -0.3 is 34.4 Å². The number of aromatic hydroxyl groups is 1. The topological polar surface area (TPSA) is 136 Å².